The topological polar surface area (TPSA) is 98.2 Å². The van der Waals surface area contributed by atoms with Crippen molar-refractivity contribution >= 4 is 17.8 Å². The van der Waals surface area contributed by atoms with E-state index < -0.39 is 12.1 Å². The van der Waals surface area contributed by atoms with Crippen molar-refractivity contribution in [1.82, 2.24) is 9.80 Å². The zero-order chi connectivity index (χ0) is 18.4. The molecule has 0 bridgehead atoms. The average molecular weight is 354 g/mol. The highest BCUT2D eigenvalue weighted by Crippen LogP contribution is 2.28. The zero-order valence-electron chi connectivity index (χ0n) is 15.0. The molecule has 0 aromatic carbocycles. The maximum Gasteiger partial charge on any atom is 0.323 e. The lowest BCUT2D eigenvalue weighted by atomic mass is 9.85. The standard InChI is InChI=1S/C18H30N2O5/c1-13(21)20(12-16(22)23)15-8-5-10-19(11-9-15)18(25)17(24)14-6-3-2-4-7-14/h14-15,17,24H,2-12H2,1H3,(H,22,23). The zero-order valence-corrected chi connectivity index (χ0v) is 15.0. The van der Waals surface area contributed by atoms with Gasteiger partial charge in [0, 0.05) is 26.1 Å². The number of amides is 2. The Kier molecular flexibility index (Phi) is 7.23. The third-order valence-corrected chi connectivity index (χ3v) is 5.51. The molecule has 2 aliphatic rings. The molecule has 2 amide bonds. The van der Waals surface area contributed by atoms with Gasteiger partial charge < -0.3 is 20.0 Å². The largest absolute Gasteiger partial charge is 0.480 e. The van der Waals surface area contributed by atoms with Crippen LogP contribution >= 0.6 is 0 Å². The summed E-state index contributed by atoms with van der Waals surface area (Å²) in [5.41, 5.74) is 0. The minimum Gasteiger partial charge on any atom is -0.480 e. The smallest absolute Gasteiger partial charge is 0.323 e. The summed E-state index contributed by atoms with van der Waals surface area (Å²) >= 11 is 0. The van der Waals surface area contributed by atoms with Crippen LogP contribution in [0.15, 0.2) is 0 Å². The fraction of sp³-hybridized carbons (Fsp3) is 0.833. The number of hydrogen-bond donors (Lipinski definition) is 2. The number of hydrogen-bond acceptors (Lipinski definition) is 4. The lowest BCUT2D eigenvalue weighted by Gasteiger charge is -2.31. The fourth-order valence-electron chi connectivity index (χ4n) is 4.09. The number of aliphatic hydroxyl groups excluding tert-OH is 1. The first-order valence-corrected chi connectivity index (χ1v) is 9.36. The van der Waals surface area contributed by atoms with Gasteiger partial charge in [-0.15, -0.1) is 0 Å². The maximum absolute atomic E-state index is 12.6. The maximum atomic E-state index is 12.6. The summed E-state index contributed by atoms with van der Waals surface area (Å²) in [6, 6.07) is -0.168. The van der Waals surface area contributed by atoms with Gasteiger partial charge in [-0.2, -0.15) is 0 Å². The molecule has 142 valence electrons. The Morgan fingerprint density at radius 2 is 1.72 bits per heavy atom. The number of likely N-dealkylation sites (tertiary alicyclic amines) is 1. The average Bonchev–Trinajstić information content (AvgIpc) is 2.84. The molecule has 0 aromatic heterocycles. The summed E-state index contributed by atoms with van der Waals surface area (Å²) in [5, 5.41) is 19.4. The van der Waals surface area contributed by atoms with Crippen molar-refractivity contribution in [2.75, 3.05) is 19.6 Å². The van der Waals surface area contributed by atoms with Gasteiger partial charge in [-0.25, -0.2) is 0 Å². The molecule has 2 rings (SSSR count). The van der Waals surface area contributed by atoms with Crippen molar-refractivity contribution < 1.29 is 24.6 Å². The summed E-state index contributed by atoms with van der Waals surface area (Å²) in [5.74, 6) is -1.43. The first-order valence-electron chi connectivity index (χ1n) is 9.36. The Balaban J connectivity index is 1.94. The molecule has 2 N–H and O–H groups in total. The number of carboxylic acid groups (broad SMARTS) is 1. The van der Waals surface area contributed by atoms with E-state index >= 15 is 0 Å². The van der Waals surface area contributed by atoms with Crippen LogP contribution in [0.1, 0.15) is 58.3 Å². The number of rotatable bonds is 5. The highest BCUT2D eigenvalue weighted by Gasteiger charge is 2.33. The van der Waals surface area contributed by atoms with Crippen LogP contribution in [0.2, 0.25) is 0 Å². The Hall–Kier alpha value is -1.63. The Labute approximate surface area is 149 Å². The van der Waals surface area contributed by atoms with Crippen LogP contribution < -0.4 is 0 Å². The van der Waals surface area contributed by atoms with Crippen molar-refractivity contribution in [2.45, 2.75) is 70.4 Å². The summed E-state index contributed by atoms with van der Waals surface area (Å²) in [6.45, 7) is 2.08. The number of carbonyl (C=O) groups excluding carboxylic acids is 2. The summed E-state index contributed by atoms with van der Waals surface area (Å²) in [7, 11) is 0. The molecule has 2 unspecified atom stereocenters. The van der Waals surface area contributed by atoms with Gasteiger partial charge in [0.15, 0.2) is 0 Å². The number of carbonyl (C=O) groups is 3. The van der Waals surface area contributed by atoms with Crippen LogP contribution in [0, 0.1) is 5.92 Å². The summed E-state index contributed by atoms with van der Waals surface area (Å²) < 4.78 is 0. The molecule has 1 aliphatic carbocycles. The number of carboxylic acids is 1. The molecule has 1 saturated carbocycles. The van der Waals surface area contributed by atoms with Gasteiger partial charge in [0.2, 0.25) is 5.91 Å². The molecule has 1 heterocycles. The van der Waals surface area contributed by atoms with Crippen molar-refractivity contribution in [3.8, 4) is 0 Å². The third kappa shape index (κ3) is 5.42. The van der Waals surface area contributed by atoms with Crippen LogP contribution in [-0.4, -0.2) is 69.6 Å². The Bertz CT molecular complexity index is 490. The first kappa shape index (κ1) is 19.7. The van der Waals surface area contributed by atoms with E-state index in [1.165, 1.54) is 18.2 Å². The van der Waals surface area contributed by atoms with Crippen molar-refractivity contribution in [1.29, 1.82) is 0 Å². The van der Waals surface area contributed by atoms with Crippen LogP contribution in [-0.2, 0) is 14.4 Å². The number of aliphatic carboxylic acids is 1. The highest BCUT2D eigenvalue weighted by atomic mass is 16.4. The van der Waals surface area contributed by atoms with Crippen molar-refractivity contribution in [3.63, 3.8) is 0 Å². The van der Waals surface area contributed by atoms with Crippen LogP contribution in [0.4, 0.5) is 0 Å². The van der Waals surface area contributed by atoms with Gasteiger partial charge in [0.1, 0.15) is 12.6 Å². The van der Waals surface area contributed by atoms with Crippen LogP contribution in [0.5, 0.6) is 0 Å². The van der Waals surface area contributed by atoms with Gasteiger partial charge in [-0.3, -0.25) is 14.4 Å². The molecular weight excluding hydrogens is 324 g/mol. The van der Waals surface area contributed by atoms with E-state index in [1.54, 1.807) is 4.90 Å². The normalized spacial score (nSPS) is 23.6. The van der Waals surface area contributed by atoms with E-state index in [9.17, 15) is 19.5 Å². The van der Waals surface area contributed by atoms with Gasteiger partial charge >= 0.3 is 5.97 Å². The fourth-order valence-corrected chi connectivity index (χ4v) is 4.09. The van der Waals surface area contributed by atoms with Crippen molar-refractivity contribution in [2.24, 2.45) is 5.92 Å². The predicted molar refractivity (Wildman–Crippen MR) is 91.8 cm³/mol. The van der Waals surface area contributed by atoms with Crippen molar-refractivity contribution in [3.05, 3.63) is 0 Å². The molecule has 1 aliphatic heterocycles. The number of nitrogens with zero attached hydrogens (tertiary/aromatic N) is 2. The third-order valence-electron chi connectivity index (χ3n) is 5.51. The van der Waals surface area contributed by atoms with E-state index in [0.29, 0.717) is 32.4 Å². The molecule has 0 aromatic rings. The minimum atomic E-state index is -1.03. The number of aliphatic hydroxyl groups is 1. The molecule has 1 saturated heterocycles. The second-order valence-corrected chi connectivity index (χ2v) is 7.29. The molecule has 25 heavy (non-hydrogen) atoms. The van der Waals surface area contributed by atoms with Crippen LogP contribution in [0.25, 0.3) is 0 Å². The summed E-state index contributed by atoms with van der Waals surface area (Å²) in [6.07, 6.45) is 6.12. The van der Waals surface area contributed by atoms with E-state index in [0.717, 1.165) is 25.7 Å². The predicted octanol–water partition coefficient (Wildman–Crippen LogP) is 1.24. The second kappa shape index (κ2) is 9.17. The molecule has 7 nitrogen and oxygen atoms in total. The van der Waals surface area contributed by atoms with Crippen LogP contribution in [0.3, 0.4) is 0 Å². The van der Waals surface area contributed by atoms with E-state index in [2.05, 4.69) is 0 Å². The Morgan fingerprint density at radius 3 is 2.32 bits per heavy atom. The quantitative estimate of drug-likeness (QED) is 0.774. The van der Waals surface area contributed by atoms with Gasteiger partial charge in [-0.1, -0.05) is 19.3 Å². The SMILES string of the molecule is CC(=O)N(CC(=O)O)C1CCCN(C(=O)C(O)C2CCCCC2)CC1. The lowest BCUT2D eigenvalue weighted by Crippen LogP contribution is -2.45. The van der Waals surface area contributed by atoms with E-state index in [4.69, 9.17) is 5.11 Å². The lowest BCUT2D eigenvalue weighted by molar-refractivity contribution is -0.146. The molecule has 2 atom stereocenters. The first-order chi connectivity index (χ1) is 11.9. The monoisotopic (exact) mass is 354 g/mol. The molecular formula is C18H30N2O5. The van der Waals surface area contributed by atoms with Gasteiger partial charge in [0.25, 0.3) is 5.91 Å². The molecule has 7 heteroatoms. The second-order valence-electron chi connectivity index (χ2n) is 7.29. The molecule has 0 radical (unpaired) electrons. The highest BCUT2D eigenvalue weighted by molar-refractivity contribution is 5.81. The molecule has 2 fully saturated rings. The summed E-state index contributed by atoms with van der Waals surface area (Å²) in [4.78, 5) is 38.5. The van der Waals surface area contributed by atoms with Gasteiger partial charge in [-0.05, 0) is 38.0 Å². The van der Waals surface area contributed by atoms with E-state index in [1.807, 2.05) is 0 Å². The van der Waals surface area contributed by atoms with Gasteiger partial charge in [0.05, 0.1) is 0 Å². The van der Waals surface area contributed by atoms with E-state index in [-0.39, 0.29) is 30.3 Å². The molecule has 0 spiro atoms. The Morgan fingerprint density at radius 1 is 1.04 bits per heavy atom. The minimum absolute atomic E-state index is 0.0565.